The van der Waals surface area contributed by atoms with Crippen LogP contribution >= 0.6 is 0 Å². The zero-order chi connectivity index (χ0) is 7.98. The average Bonchev–Trinajstić information content (AvgIpc) is 2.00. The van der Waals surface area contributed by atoms with Crippen LogP contribution in [-0.2, 0) is 0 Å². The molecule has 0 aliphatic carbocycles. The van der Waals surface area contributed by atoms with Crippen molar-refractivity contribution in [3.8, 4) is 0 Å². The summed E-state index contributed by atoms with van der Waals surface area (Å²) < 4.78 is 0. The maximum Gasteiger partial charge on any atom is 0.0184 e. The maximum absolute atomic E-state index is 2.97. The molecule has 0 atom stereocenters. The normalized spacial score (nSPS) is 8.00. The molecule has 0 saturated carbocycles. The van der Waals surface area contributed by atoms with Gasteiger partial charge in [-0.15, -0.1) is 0 Å². The Morgan fingerprint density at radius 3 is 1.40 bits per heavy atom. The van der Waals surface area contributed by atoms with Gasteiger partial charge >= 0.3 is 0 Å². The smallest absolute Gasteiger partial charge is 0.0184 e. The lowest BCUT2D eigenvalue weighted by Crippen LogP contribution is -1.74. The molecule has 0 unspecified atom stereocenters. The summed E-state index contributed by atoms with van der Waals surface area (Å²) in [6, 6.07) is 8.36. The second-order valence-electron chi connectivity index (χ2n) is 2.08. The Labute approximate surface area is 66.7 Å². The molecule has 0 fully saturated rings. The van der Waals surface area contributed by atoms with E-state index in [0.717, 1.165) is 0 Å². The van der Waals surface area contributed by atoms with Crippen LogP contribution in [0, 0.1) is 13.8 Å². The van der Waals surface area contributed by atoms with Gasteiger partial charge in [-0.25, -0.2) is 0 Å². The van der Waals surface area contributed by atoms with E-state index < -0.39 is 0 Å². The van der Waals surface area contributed by atoms with E-state index in [1.54, 1.807) is 6.55 Å². The van der Waals surface area contributed by atoms with Crippen LogP contribution in [0.2, 0.25) is 6.55 Å². The number of rotatable bonds is 0. The average molecular weight is 149 g/mol. The summed E-state index contributed by atoms with van der Waals surface area (Å²) in [5.41, 5.74) is 2.74. The predicted molar refractivity (Wildman–Crippen MR) is 47.5 cm³/mol. The van der Waals surface area contributed by atoms with Gasteiger partial charge in [0.05, 0.1) is 0 Å². The van der Waals surface area contributed by atoms with E-state index in [1.165, 1.54) is 11.1 Å². The zero-order valence-corrected chi connectivity index (χ0v) is 7.81. The van der Waals surface area contributed by atoms with Gasteiger partial charge in [0.15, 0.2) is 0 Å². The van der Waals surface area contributed by atoms with Crippen molar-refractivity contribution in [2.45, 2.75) is 20.4 Å². The molecule has 1 aromatic rings. The molecular formula is C9H13Si. The topological polar surface area (TPSA) is 0 Å². The lowest BCUT2D eigenvalue weighted by atomic mass is 10.1. The van der Waals surface area contributed by atoms with Crippen molar-refractivity contribution in [1.82, 2.24) is 0 Å². The predicted octanol–water partition coefficient (Wildman–Crippen LogP) is 2.51. The first kappa shape index (κ1) is 9.44. The highest BCUT2D eigenvalue weighted by Crippen LogP contribution is 2.02. The first-order valence-electron chi connectivity index (χ1n) is 3.33. The monoisotopic (exact) mass is 149 g/mol. The van der Waals surface area contributed by atoms with Gasteiger partial charge in [-0.2, -0.15) is 0 Å². The standard InChI is InChI=1S/C8H10.CH3Si/c1-7-5-3-4-6-8(7)2;1-2/h3-6H,1-2H3;1H3. The molecule has 0 aliphatic heterocycles. The Bertz CT molecular complexity index is 161. The third-order valence-electron chi connectivity index (χ3n) is 1.43. The van der Waals surface area contributed by atoms with Crippen LogP contribution < -0.4 is 0 Å². The van der Waals surface area contributed by atoms with Gasteiger partial charge in [0.1, 0.15) is 0 Å². The van der Waals surface area contributed by atoms with Crippen molar-refractivity contribution < 1.29 is 0 Å². The molecule has 1 rings (SSSR count). The summed E-state index contributed by atoms with van der Waals surface area (Å²) in [6.45, 7) is 6.05. The first-order valence-corrected chi connectivity index (χ1v) is 4.33. The van der Waals surface area contributed by atoms with E-state index >= 15 is 0 Å². The van der Waals surface area contributed by atoms with Crippen molar-refractivity contribution in [2.75, 3.05) is 0 Å². The SMILES string of the molecule is C[Si].Cc1ccccc1C. The minimum Gasteiger partial charge on any atom is -0.0759 e. The van der Waals surface area contributed by atoms with Gasteiger partial charge in [0.2, 0.25) is 0 Å². The number of aryl methyl sites for hydroxylation is 2. The Hall–Kier alpha value is -0.563. The molecule has 0 nitrogen and oxygen atoms in total. The van der Waals surface area contributed by atoms with E-state index in [9.17, 15) is 0 Å². The van der Waals surface area contributed by atoms with Crippen LogP contribution in [-0.4, -0.2) is 10.2 Å². The quantitative estimate of drug-likeness (QED) is 0.497. The van der Waals surface area contributed by atoms with E-state index in [2.05, 4.69) is 48.4 Å². The van der Waals surface area contributed by atoms with E-state index in [-0.39, 0.29) is 0 Å². The van der Waals surface area contributed by atoms with E-state index in [4.69, 9.17) is 0 Å². The van der Waals surface area contributed by atoms with Gasteiger partial charge in [-0.1, -0.05) is 30.8 Å². The van der Waals surface area contributed by atoms with Gasteiger partial charge in [0, 0.05) is 10.2 Å². The van der Waals surface area contributed by atoms with Gasteiger partial charge in [0.25, 0.3) is 0 Å². The van der Waals surface area contributed by atoms with Crippen LogP contribution in [0.3, 0.4) is 0 Å². The maximum atomic E-state index is 2.97. The fraction of sp³-hybridized carbons (Fsp3) is 0.333. The minimum absolute atomic E-state index is 1.37. The molecule has 0 heterocycles. The molecule has 3 radical (unpaired) electrons. The fourth-order valence-electron chi connectivity index (χ4n) is 0.663. The highest BCUT2D eigenvalue weighted by molar-refractivity contribution is 6.05. The van der Waals surface area contributed by atoms with Crippen LogP contribution in [0.4, 0.5) is 0 Å². The van der Waals surface area contributed by atoms with Crippen LogP contribution in [0.15, 0.2) is 24.3 Å². The summed E-state index contributed by atoms with van der Waals surface area (Å²) in [7, 11) is 2.97. The van der Waals surface area contributed by atoms with Gasteiger partial charge in [-0.3, -0.25) is 0 Å². The first-order chi connectivity index (χ1) is 4.80. The Balaban J connectivity index is 0.000000371. The molecular weight excluding hydrogens is 136 g/mol. The van der Waals surface area contributed by atoms with Crippen molar-refractivity contribution in [3.05, 3.63) is 35.4 Å². The Morgan fingerprint density at radius 1 is 0.900 bits per heavy atom. The molecule has 0 aliphatic rings. The second kappa shape index (κ2) is 5.24. The second-order valence-corrected chi connectivity index (χ2v) is 2.08. The van der Waals surface area contributed by atoms with Crippen molar-refractivity contribution in [1.29, 1.82) is 0 Å². The lowest BCUT2D eigenvalue weighted by Gasteiger charge is -1.93. The third kappa shape index (κ3) is 2.83. The van der Waals surface area contributed by atoms with E-state index in [1.807, 2.05) is 0 Å². The van der Waals surface area contributed by atoms with Crippen LogP contribution in [0.1, 0.15) is 11.1 Å². The Morgan fingerprint density at radius 2 is 1.20 bits per heavy atom. The molecule has 0 amide bonds. The van der Waals surface area contributed by atoms with Crippen LogP contribution in [0.5, 0.6) is 0 Å². The molecule has 0 spiro atoms. The van der Waals surface area contributed by atoms with Crippen LogP contribution in [0.25, 0.3) is 0 Å². The molecule has 0 bridgehead atoms. The molecule has 1 aromatic carbocycles. The zero-order valence-electron chi connectivity index (χ0n) is 6.81. The minimum atomic E-state index is 1.37. The molecule has 1 heteroatoms. The van der Waals surface area contributed by atoms with Crippen molar-refractivity contribution >= 4 is 10.2 Å². The summed E-state index contributed by atoms with van der Waals surface area (Å²) in [6.07, 6.45) is 0. The molecule has 10 heavy (non-hydrogen) atoms. The van der Waals surface area contributed by atoms with Crippen molar-refractivity contribution in [2.24, 2.45) is 0 Å². The lowest BCUT2D eigenvalue weighted by molar-refractivity contribution is 1.34. The Kier molecular flexibility index (Phi) is 4.94. The summed E-state index contributed by atoms with van der Waals surface area (Å²) in [5.74, 6) is 0. The largest absolute Gasteiger partial charge is 0.0759 e. The highest BCUT2D eigenvalue weighted by Gasteiger charge is 1.83. The third-order valence-corrected chi connectivity index (χ3v) is 1.43. The fourth-order valence-corrected chi connectivity index (χ4v) is 0.663. The molecule has 0 saturated heterocycles. The summed E-state index contributed by atoms with van der Waals surface area (Å²) in [4.78, 5) is 0. The van der Waals surface area contributed by atoms with Gasteiger partial charge in [-0.05, 0) is 25.0 Å². The number of benzene rings is 1. The molecule has 53 valence electrons. The summed E-state index contributed by atoms with van der Waals surface area (Å²) in [5, 5.41) is 0. The number of hydrogen-bond donors (Lipinski definition) is 0. The van der Waals surface area contributed by atoms with E-state index in [0.29, 0.717) is 0 Å². The molecule has 0 N–H and O–H groups in total. The molecule has 0 aromatic heterocycles. The summed E-state index contributed by atoms with van der Waals surface area (Å²) >= 11 is 0. The highest BCUT2D eigenvalue weighted by atomic mass is 28.1. The number of hydrogen-bond acceptors (Lipinski definition) is 0. The van der Waals surface area contributed by atoms with Crippen molar-refractivity contribution in [3.63, 3.8) is 0 Å². The van der Waals surface area contributed by atoms with Gasteiger partial charge < -0.3 is 0 Å².